The number of nitrogens with zero attached hydrogens (tertiary/aromatic N) is 2. The van der Waals surface area contributed by atoms with Crippen molar-refractivity contribution < 1.29 is 58.8 Å². The number of likely N-dealkylation sites (N-methyl/N-ethyl adjacent to an activating group) is 1. The molecule has 6 rings (SSSR count). The van der Waals surface area contributed by atoms with Crippen LogP contribution in [0.3, 0.4) is 0 Å². The number of aliphatic hydroxyl groups excluding tert-OH is 3. The molecule has 0 aliphatic carbocycles. The number of hydrogen-bond donors (Lipinski definition) is 5. The second kappa shape index (κ2) is 30.9. The van der Waals surface area contributed by atoms with Crippen LogP contribution >= 0.6 is 7.26 Å². The van der Waals surface area contributed by atoms with Gasteiger partial charge in [-0.1, -0.05) is 103 Å². The Bertz CT molecular complexity index is 2470. The van der Waals surface area contributed by atoms with Crippen molar-refractivity contribution in [3.8, 4) is 0 Å². The van der Waals surface area contributed by atoms with E-state index in [1.165, 1.54) is 53.1 Å². The van der Waals surface area contributed by atoms with E-state index >= 15 is 0 Å². The summed E-state index contributed by atoms with van der Waals surface area (Å²) in [7, 11) is 3.40. The number of unbranched alkanes of at least 4 members (excludes halogenated alkanes) is 8. The van der Waals surface area contributed by atoms with E-state index in [2.05, 4.69) is 93.6 Å². The van der Waals surface area contributed by atoms with Crippen LogP contribution in [0.25, 0.3) is 0 Å². The number of hydrogen-bond acceptors (Lipinski definition) is 13. The van der Waals surface area contributed by atoms with Gasteiger partial charge in [-0.2, -0.15) is 0 Å². The Kier molecular flexibility index (Phi) is 25.7. The Balaban J connectivity index is 1.16. The molecule has 0 bridgehead atoms. The fourth-order valence-electron chi connectivity index (χ4n) is 14.8. The fourth-order valence-corrected chi connectivity index (χ4v) is 19.5. The standard InChI is InChI=1S/C70H112N2O12P/c1-17-59-70(13,79)63(75)52(9)72(60(73)36-25-23-21-19-18-20-22-24-26-37-85(54-33-27-30-45(2)38-54,55-34-28-31-46(3)39-55)56-35-29-32-47(4)40-56)44-48(5)42-68(11,78)65(84-67-62(74)57(71(14)15)41-49(6)81-67)50(7)61(51(8)66(77)83-59)58-43-69(12,80-16)64(76)53(10)82-58/h27-35,38-40,48-53,57-59,61-65,67,74-76,78-79H,17-26,36-37,41-44H2,1-16H3/q+1/t48-,49-,50+,51-,52-,53+,57+,58?,59-,61+,62-,63-,64+,65-,67+,68-,69-,70-/m1/s1. The zero-order valence-electron chi connectivity index (χ0n) is 54.8. The molecule has 3 saturated heterocycles. The van der Waals surface area contributed by atoms with Crippen molar-refractivity contribution in [2.75, 3.05) is 33.9 Å². The summed E-state index contributed by atoms with van der Waals surface area (Å²) in [5, 5.41) is 65.4. The minimum absolute atomic E-state index is 0.106. The van der Waals surface area contributed by atoms with Crippen LogP contribution in [0.15, 0.2) is 72.8 Å². The molecular weight excluding hydrogens is 1090 g/mol. The van der Waals surface area contributed by atoms with E-state index in [4.69, 9.17) is 23.7 Å². The van der Waals surface area contributed by atoms with Crippen LogP contribution < -0.4 is 15.9 Å². The first-order valence-electron chi connectivity index (χ1n) is 32.3. The minimum Gasteiger partial charge on any atom is -0.459 e. The number of ether oxygens (including phenoxy) is 5. The molecule has 18 atom stereocenters. The monoisotopic (exact) mass is 1200 g/mol. The van der Waals surface area contributed by atoms with Crippen LogP contribution in [-0.2, 0) is 33.3 Å². The molecule has 478 valence electrons. The van der Waals surface area contributed by atoms with Gasteiger partial charge in [-0.25, -0.2) is 0 Å². The summed E-state index contributed by atoms with van der Waals surface area (Å²) in [4.78, 5) is 33.1. The molecule has 0 spiro atoms. The predicted molar refractivity (Wildman–Crippen MR) is 342 cm³/mol. The lowest BCUT2D eigenvalue weighted by atomic mass is 9.68. The number of rotatable bonds is 21. The van der Waals surface area contributed by atoms with Gasteiger partial charge in [0, 0.05) is 38.5 Å². The number of aliphatic hydroxyl groups is 5. The number of cyclic esters (lactones) is 1. The van der Waals surface area contributed by atoms with E-state index in [0.717, 1.165) is 51.1 Å². The molecule has 3 aromatic rings. The normalized spacial score (nSPS) is 34.8. The van der Waals surface area contributed by atoms with Crippen molar-refractivity contribution in [2.45, 2.75) is 264 Å². The average Bonchev–Trinajstić information content (AvgIpc) is 1.46. The lowest BCUT2D eigenvalue weighted by molar-refractivity contribution is -0.302. The second-order valence-electron chi connectivity index (χ2n) is 27.3. The van der Waals surface area contributed by atoms with Crippen LogP contribution in [0, 0.1) is 44.4 Å². The van der Waals surface area contributed by atoms with Crippen molar-refractivity contribution in [1.29, 1.82) is 0 Å². The highest BCUT2D eigenvalue weighted by Gasteiger charge is 2.55. The van der Waals surface area contributed by atoms with E-state index in [9.17, 15) is 35.1 Å². The molecule has 85 heavy (non-hydrogen) atoms. The Labute approximate surface area is 512 Å². The number of methoxy groups -OCH3 is 1. The molecule has 3 aliphatic heterocycles. The number of benzene rings is 3. The van der Waals surface area contributed by atoms with Crippen molar-refractivity contribution in [3.63, 3.8) is 0 Å². The molecule has 0 aromatic heterocycles. The van der Waals surface area contributed by atoms with Crippen molar-refractivity contribution in [1.82, 2.24) is 9.80 Å². The number of esters is 1. The molecule has 3 aliphatic rings. The number of amides is 1. The van der Waals surface area contributed by atoms with Gasteiger partial charge < -0.3 is 59.0 Å². The molecule has 3 fully saturated rings. The minimum atomic E-state index is -1.99. The quantitative estimate of drug-likeness (QED) is 0.0386. The van der Waals surface area contributed by atoms with Gasteiger partial charge in [-0.15, -0.1) is 0 Å². The zero-order chi connectivity index (χ0) is 62.8. The average molecular weight is 1200 g/mol. The molecule has 0 saturated carbocycles. The van der Waals surface area contributed by atoms with Gasteiger partial charge in [0.15, 0.2) is 6.29 Å². The van der Waals surface area contributed by atoms with Gasteiger partial charge >= 0.3 is 5.97 Å². The van der Waals surface area contributed by atoms with Crippen LogP contribution in [0.1, 0.15) is 176 Å². The third-order valence-electron chi connectivity index (χ3n) is 19.8. The van der Waals surface area contributed by atoms with Gasteiger partial charge in [0.2, 0.25) is 5.91 Å². The maximum Gasteiger partial charge on any atom is 0.309 e. The third-order valence-corrected chi connectivity index (χ3v) is 24.3. The maximum absolute atomic E-state index is 14.8. The lowest BCUT2D eigenvalue weighted by Crippen LogP contribution is -2.61. The molecule has 1 unspecified atom stereocenters. The Morgan fingerprint density at radius 3 is 1.75 bits per heavy atom. The second-order valence-corrected chi connectivity index (χ2v) is 31.0. The predicted octanol–water partition coefficient (Wildman–Crippen LogP) is 9.89. The van der Waals surface area contributed by atoms with Crippen LogP contribution in [0.2, 0.25) is 0 Å². The maximum atomic E-state index is 14.8. The highest BCUT2D eigenvalue weighted by Crippen LogP contribution is 2.56. The highest BCUT2D eigenvalue weighted by molar-refractivity contribution is 7.95. The van der Waals surface area contributed by atoms with Gasteiger partial charge in [-0.05, 0) is 180 Å². The summed E-state index contributed by atoms with van der Waals surface area (Å²) in [6, 6.07) is 26.4. The molecule has 3 heterocycles. The van der Waals surface area contributed by atoms with Crippen LogP contribution in [-0.4, -0.2) is 165 Å². The first-order chi connectivity index (χ1) is 40.0. The Morgan fingerprint density at radius 1 is 0.741 bits per heavy atom. The van der Waals surface area contributed by atoms with E-state index < -0.39 is 103 Å². The number of carbonyl (C=O) groups is 2. The number of carbonyl (C=O) groups excluding carboxylic acids is 2. The van der Waals surface area contributed by atoms with Gasteiger partial charge in [0.25, 0.3) is 0 Å². The smallest absolute Gasteiger partial charge is 0.309 e. The summed E-state index contributed by atoms with van der Waals surface area (Å²) < 4.78 is 32.2. The van der Waals surface area contributed by atoms with Gasteiger partial charge in [-0.3, -0.25) is 9.59 Å². The molecule has 3 aromatic carbocycles. The first-order valence-corrected chi connectivity index (χ1v) is 34.3. The molecule has 14 nitrogen and oxygen atoms in total. The van der Waals surface area contributed by atoms with Gasteiger partial charge in [0.05, 0.1) is 53.7 Å². The van der Waals surface area contributed by atoms with Crippen molar-refractivity contribution in [2.24, 2.45) is 23.7 Å². The molecule has 1 amide bonds. The van der Waals surface area contributed by atoms with Crippen LogP contribution in [0.5, 0.6) is 0 Å². The zero-order valence-corrected chi connectivity index (χ0v) is 55.7. The molecule has 15 heteroatoms. The topological polar surface area (TPSA) is 188 Å². The summed E-state index contributed by atoms with van der Waals surface area (Å²) in [6.07, 6.45) is 2.94. The SMILES string of the molecule is CC[C@H]1OC(=O)[C@H](C)[C@@H](C2C[C@@](C)(OC)[C@@H](O)[C@H](C)O2)[C@H](C)[C@@H](O[C@@H]2O[C@H](C)C[C@H](N(C)C)[C@H]2O)[C@](C)(O)C[C@@H](C)CN(C(=O)CCCCCCCCCCC[P+](c2cccc(C)c2)(c2cccc(C)c2)c2cccc(C)c2)[C@H](C)[C@@H](O)[C@]1(C)O. The Morgan fingerprint density at radius 2 is 1.26 bits per heavy atom. The fraction of sp³-hybridized carbons (Fsp3) is 0.714. The summed E-state index contributed by atoms with van der Waals surface area (Å²) >= 11 is 0. The largest absolute Gasteiger partial charge is 0.459 e. The highest BCUT2D eigenvalue weighted by atomic mass is 31.2. The van der Waals surface area contributed by atoms with E-state index in [-0.39, 0.29) is 56.2 Å². The third kappa shape index (κ3) is 17.1. The number of aryl methyl sites for hydroxylation is 3. The molecular formula is C70H112N2O12P+. The molecule has 5 N–H and O–H groups in total. The molecule has 0 radical (unpaired) electrons. The van der Waals surface area contributed by atoms with Crippen LogP contribution in [0.4, 0.5) is 0 Å². The van der Waals surface area contributed by atoms with E-state index in [1.54, 1.807) is 39.5 Å². The first kappa shape index (κ1) is 70.7. The van der Waals surface area contributed by atoms with E-state index in [1.807, 2.05) is 46.7 Å². The van der Waals surface area contributed by atoms with Crippen molar-refractivity contribution >= 4 is 35.1 Å². The lowest BCUT2D eigenvalue weighted by Gasteiger charge is -2.51. The van der Waals surface area contributed by atoms with Crippen molar-refractivity contribution in [3.05, 3.63) is 89.5 Å². The Hall–Kier alpha value is -3.37. The summed E-state index contributed by atoms with van der Waals surface area (Å²) in [5.41, 5.74) is -0.862. The summed E-state index contributed by atoms with van der Waals surface area (Å²) in [5.74, 6) is -3.63. The van der Waals surface area contributed by atoms with Gasteiger partial charge in [0.1, 0.15) is 53.2 Å². The summed E-state index contributed by atoms with van der Waals surface area (Å²) in [6.45, 7) is 24.5. The van der Waals surface area contributed by atoms with E-state index in [0.29, 0.717) is 12.8 Å².